The number of nitrogens with one attached hydrogen (secondary N) is 2. The van der Waals surface area contributed by atoms with Gasteiger partial charge in [0, 0.05) is 11.8 Å². The van der Waals surface area contributed by atoms with Crippen LogP contribution in [0.1, 0.15) is 31.8 Å². The zero-order valence-corrected chi connectivity index (χ0v) is 16.0. The fourth-order valence-corrected chi connectivity index (χ4v) is 2.72. The molecule has 0 aliphatic rings. The van der Waals surface area contributed by atoms with Crippen molar-refractivity contribution in [3.05, 3.63) is 107 Å². The first-order valence-corrected chi connectivity index (χ1v) is 9.16. The van der Waals surface area contributed by atoms with E-state index < -0.39 is 5.91 Å². The molecule has 3 aromatic rings. The number of anilines is 1. The molecule has 0 saturated carbocycles. The first kappa shape index (κ1) is 19.8. The maximum atomic E-state index is 12.6. The quantitative estimate of drug-likeness (QED) is 0.479. The standard InChI is InChI=1S/C24H21N3O2/c1-18-10-5-6-14-20(18)23(28)26-22-16-8-7-15-21(22)24(29)27-25-17-9-13-19-11-3-2-4-12-19/h2-17H,1H3,(H,26,28)(H,27,29)/b13-9+,25-17+. The fourth-order valence-electron chi connectivity index (χ4n) is 2.72. The Balaban J connectivity index is 1.65. The second kappa shape index (κ2) is 9.80. The molecule has 0 spiro atoms. The number of carbonyl (C=O) groups excluding carboxylic acids is 2. The van der Waals surface area contributed by atoms with Crippen LogP contribution in [-0.2, 0) is 0 Å². The predicted molar refractivity (Wildman–Crippen MR) is 117 cm³/mol. The molecule has 0 atom stereocenters. The molecule has 3 aromatic carbocycles. The summed E-state index contributed by atoms with van der Waals surface area (Å²) in [7, 11) is 0. The van der Waals surface area contributed by atoms with Gasteiger partial charge in [0.15, 0.2) is 0 Å². The monoisotopic (exact) mass is 383 g/mol. The highest BCUT2D eigenvalue weighted by Crippen LogP contribution is 2.17. The maximum absolute atomic E-state index is 12.6. The molecule has 0 saturated heterocycles. The van der Waals surface area contributed by atoms with Crippen LogP contribution in [-0.4, -0.2) is 18.0 Å². The van der Waals surface area contributed by atoms with E-state index in [0.717, 1.165) is 11.1 Å². The highest BCUT2D eigenvalue weighted by Gasteiger charge is 2.14. The third-order valence-corrected chi connectivity index (χ3v) is 4.22. The van der Waals surface area contributed by atoms with E-state index in [1.165, 1.54) is 6.21 Å². The Bertz CT molecular complexity index is 1060. The Labute approximate surface area is 169 Å². The number of aryl methyl sites for hydroxylation is 1. The molecular formula is C24H21N3O2. The minimum atomic E-state index is -0.407. The number of rotatable bonds is 6. The van der Waals surface area contributed by atoms with Crippen LogP contribution in [0.2, 0.25) is 0 Å². The normalized spacial score (nSPS) is 10.9. The van der Waals surface area contributed by atoms with Crippen LogP contribution in [0.5, 0.6) is 0 Å². The number of carbonyl (C=O) groups is 2. The molecule has 0 fully saturated rings. The van der Waals surface area contributed by atoms with Gasteiger partial charge >= 0.3 is 0 Å². The predicted octanol–water partition coefficient (Wildman–Crippen LogP) is 4.68. The number of nitrogens with zero attached hydrogens (tertiary/aromatic N) is 1. The van der Waals surface area contributed by atoms with Crippen LogP contribution in [0.4, 0.5) is 5.69 Å². The summed E-state index contributed by atoms with van der Waals surface area (Å²) < 4.78 is 0. The van der Waals surface area contributed by atoms with E-state index in [-0.39, 0.29) is 5.91 Å². The summed E-state index contributed by atoms with van der Waals surface area (Å²) in [5, 5.41) is 6.74. The van der Waals surface area contributed by atoms with Crippen molar-refractivity contribution in [3.63, 3.8) is 0 Å². The van der Waals surface area contributed by atoms with Gasteiger partial charge in [-0.05, 0) is 42.3 Å². The minimum absolute atomic E-state index is 0.266. The maximum Gasteiger partial charge on any atom is 0.273 e. The number of benzene rings is 3. The average Bonchev–Trinajstić information content (AvgIpc) is 2.74. The number of hydrazone groups is 1. The third kappa shape index (κ3) is 5.49. The summed E-state index contributed by atoms with van der Waals surface area (Å²) in [4.78, 5) is 25.0. The number of allylic oxidation sites excluding steroid dienone is 1. The number of hydrogen-bond acceptors (Lipinski definition) is 3. The Morgan fingerprint density at radius 3 is 2.21 bits per heavy atom. The van der Waals surface area contributed by atoms with Crippen molar-refractivity contribution in [2.45, 2.75) is 6.92 Å². The third-order valence-electron chi connectivity index (χ3n) is 4.22. The van der Waals surface area contributed by atoms with E-state index in [2.05, 4.69) is 15.8 Å². The Hall–Kier alpha value is -3.99. The van der Waals surface area contributed by atoms with Gasteiger partial charge in [-0.1, -0.05) is 66.7 Å². The van der Waals surface area contributed by atoms with Crippen molar-refractivity contribution in [1.82, 2.24) is 5.43 Å². The van der Waals surface area contributed by atoms with Crippen molar-refractivity contribution < 1.29 is 9.59 Å². The summed E-state index contributed by atoms with van der Waals surface area (Å²) in [6, 6.07) is 23.9. The molecule has 0 aromatic heterocycles. The van der Waals surface area contributed by atoms with Gasteiger partial charge in [-0.2, -0.15) is 5.10 Å². The number of hydrogen-bond donors (Lipinski definition) is 2. The van der Waals surface area contributed by atoms with Crippen molar-refractivity contribution in [2.75, 3.05) is 5.32 Å². The van der Waals surface area contributed by atoms with Crippen molar-refractivity contribution in [1.29, 1.82) is 0 Å². The van der Waals surface area contributed by atoms with Crippen LogP contribution >= 0.6 is 0 Å². The van der Waals surface area contributed by atoms with E-state index >= 15 is 0 Å². The first-order chi connectivity index (χ1) is 14.1. The van der Waals surface area contributed by atoms with Gasteiger partial charge in [-0.3, -0.25) is 9.59 Å². The summed E-state index contributed by atoms with van der Waals surface area (Å²) in [6.45, 7) is 1.87. The molecule has 5 nitrogen and oxygen atoms in total. The Morgan fingerprint density at radius 1 is 0.793 bits per heavy atom. The van der Waals surface area contributed by atoms with Crippen LogP contribution in [0.3, 0.4) is 0 Å². The largest absolute Gasteiger partial charge is 0.321 e. The zero-order chi connectivity index (χ0) is 20.5. The lowest BCUT2D eigenvalue weighted by atomic mass is 10.1. The van der Waals surface area contributed by atoms with Crippen LogP contribution in [0.15, 0.2) is 90.0 Å². The van der Waals surface area contributed by atoms with Gasteiger partial charge in [0.1, 0.15) is 0 Å². The van der Waals surface area contributed by atoms with Crippen LogP contribution < -0.4 is 10.7 Å². The topological polar surface area (TPSA) is 70.6 Å². The Kier molecular flexibility index (Phi) is 6.68. The van der Waals surface area contributed by atoms with E-state index in [1.54, 1.807) is 42.5 Å². The van der Waals surface area contributed by atoms with Crippen molar-refractivity contribution >= 4 is 29.8 Å². The van der Waals surface area contributed by atoms with E-state index in [0.29, 0.717) is 16.8 Å². The van der Waals surface area contributed by atoms with E-state index in [4.69, 9.17) is 0 Å². The highest BCUT2D eigenvalue weighted by atomic mass is 16.2. The van der Waals surface area contributed by atoms with E-state index in [1.807, 2.05) is 55.5 Å². The zero-order valence-electron chi connectivity index (χ0n) is 16.0. The lowest BCUT2D eigenvalue weighted by Crippen LogP contribution is -2.21. The van der Waals surface area contributed by atoms with Gasteiger partial charge in [0.25, 0.3) is 11.8 Å². The molecule has 144 valence electrons. The molecule has 2 amide bonds. The minimum Gasteiger partial charge on any atom is -0.321 e. The fraction of sp³-hybridized carbons (Fsp3) is 0.0417. The smallest absolute Gasteiger partial charge is 0.273 e. The molecule has 0 aliphatic carbocycles. The average molecular weight is 383 g/mol. The lowest BCUT2D eigenvalue weighted by Gasteiger charge is -2.11. The van der Waals surface area contributed by atoms with Gasteiger partial charge in [0.2, 0.25) is 0 Å². The Morgan fingerprint density at radius 2 is 1.45 bits per heavy atom. The molecule has 29 heavy (non-hydrogen) atoms. The molecule has 2 N–H and O–H groups in total. The molecule has 0 aliphatic heterocycles. The van der Waals surface area contributed by atoms with Gasteiger partial charge in [0.05, 0.1) is 11.3 Å². The summed E-state index contributed by atoms with van der Waals surface area (Å²) in [5.41, 5.74) is 5.70. The van der Waals surface area contributed by atoms with Crippen LogP contribution in [0, 0.1) is 6.92 Å². The molecule has 0 unspecified atom stereocenters. The number of amides is 2. The summed E-state index contributed by atoms with van der Waals surface area (Å²) in [5.74, 6) is -0.673. The number of para-hydroxylation sites is 1. The first-order valence-electron chi connectivity index (χ1n) is 9.16. The van der Waals surface area contributed by atoms with Gasteiger partial charge in [-0.25, -0.2) is 5.43 Å². The summed E-state index contributed by atoms with van der Waals surface area (Å²) in [6.07, 6.45) is 5.12. The molecule has 5 heteroatoms. The van der Waals surface area contributed by atoms with Crippen molar-refractivity contribution in [2.24, 2.45) is 5.10 Å². The second-order valence-electron chi connectivity index (χ2n) is 6.30. The molecule has 0 radical (unpaired) electrons. The van der Waals surface area contributed by atoms with Gasteiger partial charge in [-0.15, -0.1) is 0 Å². The lowest BCUT2D eigenvalue weighted by molar-refractivity contribution is 0.0956. The van der Waals surface area contributed by atoms with E-state index in [9.17, 15) is 9.59 Å². The molecular weight excluding hydrogens is 362 g/mol. The highest BCUT2D eigenvalue weighted by molar-refractivity contribution is 6.09. The van der Waals surface area contributed by atoms with Crippen LogP contribution in [0.25, 0.3) is 6.08 Å². The van der Waals surface area contributed by atoms with Crippen molar-refractivity contribution in [3.8, 4) is 0 Å². The van der Waals surface area contributed by atoms with Gasteiger partial charge < -0.3 is 5.32 Å². The molecule has 3 rings (SSSR count). The summed E-state index contributed by atoms with van der Waals surface area (Å²) >= 11 is 0. The molecule has 0 bridgehead atoms. The molecule has 0 heterocycles. The SMILES string of the molecule is Cc1ccccc1C(=O)Nc1ccccc1C(=O)N/N=C/C=C/c1ccccc1. The second-order valence-corrected chi connectivity index (χ2v) is 6.30.